The molecule has 0 aliphatic carbocycles. The number of benzene rings is 1. The van der Waals surface area contributed by atoms with Crippen molar-refractivity contribution in [2.45, 2.75) is 11.5 Å². The quantitative estimate of drug-likeness (QED) is 0.303. The maximum Gasteiger partial charge on any atom is 0.488 e. The molecule has 0 unspecified atom stereocenters. The van der Waals surface area contributed by atoms with Gasteiger partial charge in [-0.15, -0.1) is 0 Å². The highest BCUT2D eigenvalue weighted by atomic mass is 32.2. The van der Waals surface area contributed by atoms with Crippen molar-refractivity contribution in [1.82, 2.24) is 8.61 Å². The van der Waals surface area contributed by atoms with Crippen molar-refractivity contribution >= 4 is 28.8 Å². The molecule has 1 aliphatic rings. The van der Waals surface area contributed by atoms with Gasteiger partial charge in [0.15, 0.2) is 0 Å². The molecule has 1 saturated heterocycles. The summed E-state index contributed by atoms with van der Waals surface area (Å²) in [4.78, 5) is 11.8. The molecule has 0 aromatic heterocycles. The third-order valence-electron chi connectivity index (χ3n) is 4.62. The molecule has 1 heterocycles. The molecular weight excluding hydrogens is 363 g/mol. The molecule has 0 radical (unpaired) electrons. The fourth-order valence-corrected chi connectivity index (χ4v) is 4.50. The van der Waals surface area contributed by atoms with Gasteiger partial charge in [0.25, 0.3) is 10.2 Å². The van der Waals surface area contributed by atoms with E-state index in [0.29, 0.717) is 5.56 Å². The highest BCUT2D eigenvalue weighted by Crippen LogP contribution is 2.36. The van der Waals surface area contributed by atoms with Crippen LogP contribution in [-0.2, 0) is 15.0 Å². The zero-order valence-corrected chi connectivity index (χ0v) is 15.1. The molecule has 1 aromatic carbocycles. The van der Waals surface area contributed by atoms with Crippen LogP contribution in [0.3, 0.4) is 0 Å². The van der Waals surface area contributed by atoms with Crippen LogP contribution in [0.2, 0.25) is 0 Å². The van der Waals surface area contributed by atoms with Gasteiger partial charge in [0.05, 0.1) is 0 Å². The number of aliphatic carboxylic acids is 1. The monoisotopic (exact) mass is 386 g/mol. The van der Waals surface area contributed by atoms with E-state index in [4.69, 9.17) is 11.5 Å². The summed E-state index contributed by atoms with van der Waals surface area (Å²) in [6, 6.07) is 6.00. The average Bonchev–Trinajstić information content (AvgIpc) is 2.95. The van der Waals surface area contributed by atoms with Crippen molar-refractivity contribution in [3.05, 3.63) is 29.8 Å². The van der Waals surface area contributed by atoms with Gasteiger partial charge in [0.1, 0.15) is 5.54 Å². The molecule has 7 N–H and O–H groups in total. The number of nitrogens with two attached hydrogens (primary N) is 2. The van der Waals surface area contributed by atoms with E-state index in [9.17, 15) is 28.4 Å². The Morgan fingerprint density at radius 1 is 1.46 bits per heavy atom. The molecule has 2 rings (SSSR count). The number of nitrogens with zero attached hydrogens (tertiary/aromatic N) is 2. The third-order valence-corrected chi connectivity index (χ3v) is 6.52. The Hall–Kier alpha value is -1.54. The predicted octanol–water partition coefficient (Wildman–Crippen LogP) is -3.32. The molecular formula is C14H23BN4O6S. The van der Waals surface area contributed by atoms with Crippen molar-refractivity contribution in [3.8, 4) is 0 Å². The summed E-state index contributed by atoms with van der Waals surface area (Å²) in [6.45, 7) is -0.350. The van der Waals surface area contributed by atoms with Crippen LogP contribution in [0.1, 0.15) is 11.5 Å². The van der Waals surface area contributed by atoms with Crippen LogP contribution in [0.5, 0.6) is 0 Å². The molecule has 2 atom stereocenters. The summed E-state index contributed by atoms with van der Waals surface area (Å²) in [5.41, 5.74) is 10.2. The first-order valence-corrected chi connectivity index (χ1v) is 9.33. The van der Waals surface area contributed by atoms with Gasteiger partial charge in [0, 0.05) is 39.1 Å². The first-order chi connectivity index (χ1) is 12.0. The Morgan fingerprint density at radius 2 is 2.12 bits per heavy atom. The van der Waals surface area contributed by atoms with Crippen LogP contribution in [0, 0.1) is 0 Å². The largest absolute Gasteiger partial charge is 0.488 e. The van der Waals surface area contributed by atoms with Gasteiger partial charge >= 0.3 is 13.1 Å². The predicted molar refractivity (Wildman–Crippen MR) is 95.7 cm³/mol. The van der Waals surface area contributed by atoms with E-state index in [-0.39, 0.29) is 25.1 Å². The molecule has 0 spiro atoms. The second-order valence-electron chi connectivity index (χ2n) is 6.35. The molecule has 10 nitrogen and oxygen atoms in total. The maximum absolute atomic E-state index is 12.7. The van der Waals surface area contributed by atoms with E-state index in [0.717, 1.165) is 8.61 Å². The zero-order valence-electron chi connectivity index (χ0n) is 14.3. The molecule has 26 heavy (non-hydrogen) atoms. The van der Waals surface area contributed by atoms with E-state index in [1.807, 2.05) is 0 Å². The van der Waals surface area contributed by atoms with Crippen LogP contribution < -0.4 is 16.9 Å². The Bertz CT molecular complexity index is 776. The number of rotatable bonds is 7. The molecule has 144 valence electrons. The highest BCUT2D eigenvalue weighted by Gasteiger charge is 2.53. The molecule has 1 fully saturated rings. The normalized spacial score (nSPS) is 24.2. The SMILES string of the molecule is CN(CCN)S(=O)(=O)N1C[C@H](c2cccc(B(O)O)c2)[C@](N)(C(=O)O)C1. The number of likely N-dealkylation sites (N-methyl/N-ethyl adjacent to an activating group) is 1. The fraction of sp³-hybridized carbons (Fsp3) is 0.500. The van der Waals surface area contributed by atoms with Crippen LogP contribution >= 0.6 is 0 Å². The topological polar surface area (TPSA) is 170 Å². The standard InChI is InChI=1S/C14H23BN4O6S/c1-18(6-5-16)26(24,25)19-8-12(14(17,9-19)13(20)21)10-3-2-4-11(7-10)15(22)23/h2-4,7,12,22-23H,5-6,8-9,16-17H2,1H3,(H,20,21)/t12-,14+/m1/s1. The van der Waals surface area contributed by atoms with Crippen molar-refractivity contribution in [1.29, 1.82) is 0 Å². The molecule has 1 aliphatic heterocycles. The number of carbonyl (C=O) groups is 1. The van der Waals surface area contributed by atoms with Gasteiger partial charge in [-0.1, -0.05) is 24.3 Å². The van der Waals surface area contributed by atoms with E-state index >= 15 is 0 Å². The van der Waals surface area contributed by atoms with Gasteiger partial charge in [-0.2, -0.15) is 17.0 Å². The second-order valence-corrected chi connectivity index (χ2v) is 8.39. The molecule has 0 bridgehead atoms. The van der Waals surface area contributed by atoms with E-state index in [1.54, 1.807) is 6.07 Å². The summed E-state index contributed by atoms with van der Waals surface area (Å²) in [5.74, 6) is -2.20. The van der Waals surface area contributed by atoms with Crippen LogP contribution in [-0.4, -0.2) is 84.0 Å². The van der Waals surface area contributed by atoms with E-state index in [1.165, 1.54) is 25.2 Å². The van der Waals surface area contributed by atoms with Crippen molar-refractivity contribution in [2.24, 2.45) is 11.5 Å². The fourth-order valence-electron chi connectivity index (χ4n) is 3.06. The lowest BCUT2D eigenvalue weighted by Gasteiger charge is -2.26. The van der Waals surface area contributed by atoms with Crippen LogP contribution in [0.4, 0.5) is 0 Å². The summed E-state index contributed by atoms with van der Waals surface area (Å²) in [7, 11) is -4.30. The lowest BCUT2D eigenvalue weighted by Crippen LogP contribution is -2.54. The zero-order chi connectivity index (χ0) is 19.7. The number of hydrogen-bond donors (Lipinski definition) is 5. The Kier molecular flexibility index (Phi) is 6.07. The first kappa shape index (κ1) is 20.8. The number of hydrogen-bond acceptors (Lipinski definition) is 7. The smallest absolute Gasteiger partial charge is 0.480 e. The van der Waals surface area contributed by atoms with Crippen molar-refractivity contribution in [3.63, 3.8) is 0 Å². The lowest BCUT2D eigenvalue weighted by atomic mass is 9.76. The summed E-state index contributed by atoms with van der Waals surface area (Å²) in [5, 5.41) is 28.3. The Labute approximate surface area is 152 Å². The summed E-state index contributed by atoms with van der Waals surface area (Å²) >= 11 is 0. The minimum absolute atomic E-state index is 0.0837. The summed E-state index contributed by atoms with van der Waals surface area (Å²) < 4.78 is 27.4. The molecule has 1 aromatic rings. The van der Waals surface area contributed by atoms with Crippen LogP contribution in [0.15, 0.2) is 24.3 Å². The number of carboxylic acids is 1. The van der Waals surface area contributed by atoms with Gasteiger partial charge in [0.2, 0.25) is 0 Å². The average molecular weight is 386 g/mol. The highest BCUT2D eigenvalue weighted by molar-refractivity contribution is 7.86. The molecule has 12 heteroatoms. The van der Waals surface area contributed by atoms with Crippen molar-refractivity contribution in [2.75, 3.05) is 33.2 Å². The van der Waals surface area contributed by atoms with E-state index < -0.39 is 41.3 Å². The van der Waals surface area contributed by atoms with E-state index in [2.05, 4.69) is 0 Å². The molecule has 0 amide bonds. The second kappa shape index (κ2) is 7.60. The maximum atomic E-state index is 12.7. The van der Waals surface area contributed by atoms with Crippen LogP contribution in [0.25, 0.3) is 0 Å². The van der Waals surface area contributed by atoms with Gasteiger partial charge in [-0.3, -0.25) is 4.79 Å². The van der Waals surface area contributed by atoms with Gasteiger partial charge in [-0.25, -0.2) is 0 Å². The Morgan fingerprint density at radius 3 is 2.65 bits per heavy atom. The van der Waals surface area contributed by atoms with Gasteiger partial charge < -0.3 is 26.6 Å². The van der Waals surface area contributed by atoms with Crippen molar-refractivity contribution < 1.29 is 28.4 Å². The minimum atomic E-state index is -3.93. The molecule has 0 saturated carbocycles. The Balaban J connectivity index is 2.43. The lowest BCUT2D eigenvalue weighted by molar-refractivity contribution is -0.143. The first-order valence-electron chi connectivity index (χ1n) is 7.93. The summed E-state index contributed by atoms with van der Waals surface area (Å²) in [6.07, 6.45) is 0. The number of carboxylic acid groups (broad SMARTS) is 1. The minimum Gasteiger partial charge on any atom is -0.480 e. The third kappa shape index (κ3) is 3.76. The van der Waals surface area contributed by atoms with Gasteiger partial charge in [-0.05, 0) is 11.0 Å².